The van der Waals surface area contributed by atoms with Crippen LogP contribution in [0.25, 0.3) is 0 Å². The third-order valence-electron chi connectivity index (χ3n) is 3.36. The summed E-state index contributed by atoms with van der Waals surface area (Å²) < 4.78 is 0.878. The van der Waals surface area contributed by atoms with Crippen LogP contribution >= 0.6 is 23.1 Å². The maximum Gasteiger partial charge on any atom is 0.240 e. The number of aromatic nitrogens is 5. The molecule has 0 aromatic carbocycles. The van der Waals surface area contributed by atoms with E-state index in [1.165, 1.54) is 17.7 Å². The molecule has 2 aromatic heterocycles. The molecular weight excluding hydrogens is 336 g/mol. The molecule has 1 saturated heterocycles. The Bertz CT molecular complexity index is 623. The lowest BCUT2D eigenvalue weighted by molar-refractivity contribution is -0.117. The summed E-state index contributed by atoms with van der Waals surface area (Å²) in [6.45, 7) is 5.67. The van der Waals surface area contributed by atoms with Gasteiger partial charge in [-0.2, -0.15) is 10.1 Å². The number of nitrogens with zero attached hydrogens (tertiary/aromatic N) is 6. The second-order valence-electron chi connectivity index (χ2n) is 4.93. The second-order valence-corrected chi connectivity index (χ2v) is 7.42. The first kappa shape index (κ1) is 16.1. The summed E-state index contributed by atoms with van der Waals surface area (Å²) in [5.74, 6) is 1.67. The largest absolute Gasteiger partial charge is 0.339 e. The number of piperazine rings is 1. The number of carbonyl (C=O) groups is 1. The summed E-state index contributed by atoms with van der Waals surface area (Å²) in [6, 6.07) is 0. The van der Waals surface area contributed by atoms with E-state index in [9.17, 15) is 4.79 Å². The molecule has 3 rings (SSSR count). The molecule has 2 aromatic rings. The minimum atomic E-state index is -0.0534. The lowest BCUT2D eigenvalue weighted by Crippen LogP contribution is -2.49. The van der Waals surface area contributed by atoms with Gasteiger partial charge < -0.3 is 4.90 Å². The Morgan fingerprint density at radius 2 is 2.22 bits per heavy atom. The van der Waals surface area contributed by atoms with Gasteiger partial charge in [0.15, 0.2) is 4.34 Å². The van der Waals surface area contributed by atoms with Crippen molar-refractivity contribution in [3.05, 3.63) is 6.33 Å². The highest BCUT2D eigenvalue weighted by Crippen LogP contribution is 2.24. The molecule has 1 aliphatic rings. The monoisotopic (exact) mass is 354 g/mol. The molecule has 124 valence electrons. The molecule has 0 unspecified atom stereocenters. The van der Waals surface area contributed by atoms with Gasteiger partial charge in [0.25, 0.3) is 0 Å². The van der Waals surface area contributed by atoms with Gasteiger partial charge in [-0.1, -0.05) is 30.0 Å². The maximum absolute atomic E-state index is 12.1. The highest BCUT2D eigenvalue weighted by Gasteiger charge is 2.21. The van der Waals surface area contributed by atoms with Crippen molar-refractivity contribution in [1.29, 1.82) is 0 Å². The third-order valence-corrected chi connectivity index (χ3v) is 5.22. The van der Waals surface area contributed by atoms with Crippen molar-refractivity contribution in [2.45, 2.75) is 11.3 Å². The minimum Gasteiger partial charge on any atom is -0.339 e. The topological polar surface area (TPSA) is 103 Å². The first-order valence-corrected chi connectivity index (χ1v) is 9.13. The van der Waals surface area contributed by atoms with E-state index >= 15 is 0 Å². The Labute approximate surface area is 141 Å². The fraction of sp³-hybridized carbons (Fsp3) is 0.583. The van der Waals surface area contributed by atoms with Crippen LogP contribution in [0.3, 0.4) is 0 Å². The van der Waals surface area contributed by atoms with Crippen LogP contribution in [0.1, 0.15) is 6.92 Å². The molecule has 0 spiro atoms. The Morgan fingerprint density at radius 3 is 2.91 bits per heavy atom. The molecule has 0 radical (unpaired) electrons. The molecule has 3 heterocycles. The summed E-state index contributed by atoms with van der Waals surface area (Å²) in [5.41, 5.74) is 0. The number of anilines is 2. The van der Waals surface area contributed by atoms with Crippen molar-refractivity contribution in [2.75, 3.05) is 48.7 Å². The molecule has 1 fully saturated rings. The van der Waals surface area contributed by atoms with Gasteiger partial charge in [0.05, 0.1) is 6.54 Å². The predicted octanol–water partition coefficient (Wildman–Crippen LogP) is 0.529. The summed E-state index contributed by atoms with van der Waals surface area (Å²) in [5, 5.41) is 18.1. The van der Waals surface area contributed by atoms with E-state index in [2.05, 4.69) is 47.4 Å². The number of carbonyl (C=O) groups excluding carboxylic acids is 1. The van der Waals surface area contributed by atoms with Crippen LogP contribution in [0.15, 0.2) is 10.7 Å². The first-order valence-electron chi connectivity index (χ1n) is 7.33. The molecule has 0 bridgehead atoms. The summed E-state index contributed by atoms with van der Waals surface area (Å²) in [7, 11) is 0. The van der Waals surface area contributed by atoms with Crippen LogP contribution in [0.2, 0.25) is 0 Å². The molecule has 2 N–H and O–H groups in total. The van der Waals surface area contributed by atoms with Crippen LogP contribution < -0.4 is 10.2 Å². The molecule has 9 nitrogen and oxygen atoms in total. The third kappa shape index (κ3) is 4.39. The number of nitrogens with one attached hydrogen (secondary N) is 2. The fourth-order valence-corrected chi connectivity index (χ4v) is 3.94. The van der Waals surface area contributed by atoms with Gasteiger partial charge >= 0.3 is 0 Å². The first-order chi connectivity index (χ1) is 11.2. The average Bonchev–Trinajstić information content (AvgIpc) is 3.20. The second kappa shape index (κ2) is 7.70. The summed E-state index contributed by atoms with van der Waals surface area (Å²) >= 11 is 3.03. The maximum atomic E-state index is 12.1. The smallest absolute Gasteiger partial charge is 0.240 e. The molecule has 1 amide bonds. The highest BCUT2D eigenvalue weighted by atomic mass is 32.2. The number of aromatic amines is 1. The predicted molar refractivity (Wildman–Crippen MR) is 90.0 cm³/mol. The summed E-state index contributed by atoms with van der Waals surface area (Å²) in [6.07, 6.45) is 1.50. The van der Waals surface area contributed by atoms with Crippen molar-refractivity contribution in [2.24, 2.45) is 0 Å². The van der Waals surface area contributed by atoms with E-state index in [1.54, 1.807) is 11.8 Å². The highest BCUT2D eigenvalue weighted by molar-refractivity contribution is 8.01. The Balaban J connectivity index is 1.43. The number of amides is 1. The molecular formula is C12H18N8OS2. The van der Waals surface area contributed by atoms with Crippen LogP contribution in [0.5, 0.6) is 0 Å². The number of rotatable bonds is 6. The molecule has 0 atom stereocenters. The quantitative estimate of drug-likeness (QED) is 0.572. The van der Waals surface area contributed by atoms with Crippen LogP contribution in [0.4, 0.5) is 11.1 Å². The van der Waals surface area contributed by atoms with E-state index in [0.29, 0.717) is 11.7 Å². The van der Waals surface area contributed by atoms with Gasteiger partial charge in [-0.05, 0) is 5.75 Å². The van der Waals surface area contributed by atoms with E-state index in [-0.39, 0.29) is 5.91 Å². The average molecular weight is 354 g/mol. The van der Waals surface area contributed by atoms with Gasteiger partial charge in [-0.3, -0.25) is 15.0 Å². The zero-order chi connectivity index (χ0) is 16.1. The van der Waals surface area contributed by atoms with Crippen molar-refractivity contribution in [1.82, 2.24) is 30.3 Å². The van der Waals surface area contributed by atoms with Crippen LogP contribution in [0, 0.1) is 0 Å². The fourth-order valence-electron chi connectivity index (χ4n) is 2.27. The van der Waals surface area contributed by atoms with Crippen molar-refractivity contribution in [3.63, 3.8) is 0 Å². The molecule has 0 aliphatic carbocycles. The van der Waals surface area contributed by atoms with Crippen molar-refractivity contribution < 1.29 is 4.79 Å². The number of H-pyrrole nitrogens is 1. The van der Waals surface area contributed by atoms with Crippen LogP contribution in [-0.4, -0.2) is 74.7 Å². The summed E-state index contributed by atoms with van der Waals surface area (Å²) in [4.78, 5) is 20.5. The standard InChI is InChI=1S/C12H18N8OS2/c1-2-22-12-18-17-11(23-12)15-9(21)7-19-3-5-20(6-4-19)10-13-8-14-16-10/h8H,2-7H2,1H3,(H,13,14,16)(H,15,17,21). The van der Waals surface area contributed by atoms with E-state index in [0.717, 1.165) is 42.2 Å². The van der Waals surface area contributed by atoms with Gasteiger partial charge in [-0.25, -0.2) is 5.10 Å². The number of thioether (sulfide) groups is 1. The lowest BCUT2D eigenvalue weighted by atomic mass is 10.3. The zero-order valence-corrected chi connectivity index (χ0v) is 14.4. The van der Waals surface area contributed by atoms with Gasteiger partial charge in [-0.15, -0.1) is 10.2 Å². The number of hydrogen-bond acceptors (Lipinski definition) is 9. The number of hydrogen-bond donors (Lipinski definition) is 2. The van der Waals surface area contributed by atoms with Crippen molar-refractivity contribution in [3.8, 4) is 0 Å². The lowest BCUT2D eigenvalue weighted by Gasteiger charge is -2.33. The normalized spacial score (nSPS) is 15.8. The van der Waals surface area contributed by atoms with E-state index in [1.807, 2.05) is 0 Å². The minimum absolute atomic E-state index is 0.0534. The van der Waals surface area contributed by atoms with Crippen molar-refractivity contribution >= 4 is 40.1 Å². The van der Waals surface area contributed by atoms with Gasteiger partial charge in [0, 0.05) is 26.2 Å². The van der Waals surface area contributed by atoms with E-state index < -0.39 is 0 Å². The van der Waals surface area contributed by atoms with Gasteiger partial charge in [0.2, 0.25) is 17.0 Å². The Hall–Kier alpha value is -1.72. The van der Waals surface area contributed by atoms with Crippen LogP contribution in [-0.2, 0) is 4.79 Å². The zero-order valence-electron chi connectivity index (χ0n) is 12.7. The van der Waals surface area contributed by atoms with E-state index in [4.69, 9.17) is 0 Å². The molecule has 1 aliphatic heterocycles. The Kier molecular flexibility index (Phi) is 5.41. The molecule has 0 saturated carbocycles. The molecule has 11 heteroatoms. The SMILES string of the molecule is CCSc1nnc(NC(=O)CN2CCN(c3ncn[nH]3)CC2)s1. The Morgan fingerprint density at radius 1 is 1.39 bits per heavy atom. The van der Waals surface area contributed by atoms with Gasteiger partial charge in [0.1, 0.15) is 6.33 Å². The molecule has 23 heavy (non-hydrogen) atoms.